The van der Waals surface area contributed by atoms with E-state index in [1.165, 1.54) is 49.4 Å². The molecule has 1 spiro atoms. The van der Waals surface area contributed by atoms with Gasteiger partial charge in [-0.1, -0.05) is 37.9 Å². The normalized spacial score (nSPS) is 26.0. The molecule has 0 amide bonds. The minimum absolute atomic E-state index is 0.393. The highest BCUT2D eigenvalue weighted by atomic mass is 32.2. The lowest BCUT2D eigenvalue weighted by Crippen LogP contribution is -2.45. The predicted molar refractivity (Wildman–Crippen MR) is 86.1 cm³/mol. The van der Waals surface area contributed by atoms with Crippen LogP contribution in [0.3, 0.4) is 0 Å². The Bertz CT molecular complexity index is 311. The van der Waals surface area contributed by atoms with E-state index < -0.39 is 0 Å². The van der Waals surface area contributed by atoms with E-state index in [0.29, 0.717) is 11.6 Å². The standard InChI is InChI=1S/C15H29N3S/c1-4-13(2)18(3)11-10-16-14-17-15(12-19-14)8-6-5-7-9-15/h13H,4-12H2,1-3H3,(H,16,17). The molecule has 2 fully saturated rings. The van der Waals surface area contributed by atoms with E-state index in [0.717, 1.165) is 13.1 Å². The van der Waals surface area contributed by atoms with Gasteiger partial charge in [-0.05, 0) is 33.2 Å². The third-order valence-electron chi connectivity index (χ3n) is 4.72. The molecular weight excluding hydrogens is 254 g/mol. The van der Waals surface area contributed by atoms with E-state index in [9.17, 15) is 0 Å². The minimum Gasteiger partial charge on any atom is -0.359 e. The van der Waals surface area contributed by atoms with E-state index in [1.54, 1.807) is 0 Å². The summed E-state index contributed by atoms with van der Waals surface area (Å²) >= 11 is 1.93. The van der Waals surface area contributed by atoms with Crippen molar-refractivity contribution in [1.82, 2.24) is 10.2 Å². The molecule has 1 saturated carbocycles. The molecule has 0 aromatic carbocycles. The van der Waals surface area contributed by atoms with Crippen molar-refractivity contribution in [2.45, 2.75) is 64.0 Å². The number of nitrogens with zero attached hydrogens (tertiary/aromatic N) is 2. The third-order valence-corrected chi connectivity index (χ3v) is 5.92. The predicted octanol–water partition coefficient (Wildman–Crippen LogP) is 3.11. The van der Waals surface area contributed by atoms with Gasteiger partial charge in [-0.15, -0.1) is 0 Å². The number of nitrogens with one attached hydrogen (secondary N) is 1. The summed E-state index contributed by atoms with van der Waals surface area (Å²) in [5, 5.41) is 4.91. The van der Waals surface area contributed by atoms with Crippen molar-refractivity contribution in [2.24, 2.45) is 4.99 Å². The highest BCUT2D eigenvalue weighted by Gasteiger charge is 2.37. The van der Waals surface area contributed by atoms with E-state index in [2.05, 4.69) is 31.1 Å². The lowest BCUT2D eigenvalue weighted by atomic mass is 9.83. The Morgan fingerprint density at radius 3 is 2.79 bits per heavy atom. The van der Waals surface area contributed by atoms with Gasteiger partial charge in [0.25, 0.3) is 0 Å². The average Bonchev–Trinajstić information content (AvgIpc) is 2.81. The number of hydrogen-bond donors (Lipinski definition) is 1. The van der Waals surface area contributed by atoms with Gasteiger partial charge < -0.3 is 10.2 Å². The molecule has 0 aromatic heterocycles. The summed E-state index contributed by atoms with van der Waals surface area (Å²) in [5.74, 6) is 1.23. The first-order valence-corrected chi connectivity index (χ1v) is 8.79. The summed E-state index contributed by atoms with van der Waals surface area (Å²) < 4.78 is 0. The van der Waals surface area contributed by atoms with Crippen LogP contribution in [-0.4, -0.2) is 47.5 Å². The molecule has 2 rings (SSSR count). The van der Waals surface area contributed by atoms with Gasteiger partial charge in [0.15, 0.2) is 5.17 Å². The van der Waals surface area contributed by atoms with Crippen LogP contribution in [0.15, 0.2) is 4.99 Å². The molecule has 1 unspecified atom stereocenters. The average molecular weight is 283 g/mol. The monoisotopic (exact) mass is 283 g/mol. The molecule has 1 N–H and O–H groups in total. The Morgan fingerprint density at radius 1 is 1.37 bits per heavy atom. The van der Waals surface area contributed by atoms with Gasteiger partial charge in [-0.2, -0.15) is 0 Å². The van der Waals surface area contributed by atoms with Crippen molar-refractivity contribution in [3.05, 3.63) is 0 Å². The third kappa shape index (κ3) is 4.12. The SMILES string of the molecule is CCC(C)N(C)CCN=C1NC2(CCCCC2)CS1. The maximum atomic E-state index is 4.76. The fraction of sp³-hybridized carbons (Fsp3) is 0.933. The lowest BCUT2D eigenvalue weighted by molar-refractivity contribution is 0.259. The smallest absolute Gasteiger partial charge is 0.157 e. The van der Waals surface area contributed by atoms with Crippen molar-refractivity contribution >= 4 is 16.9 Å². The number of aliphatic imine (C=N–C) groups is 1. The van der Waals surface area contributed by atoms with E-state index >= 15 is 0 Å². The van der Waals surface area contributed by atoms with Crippen LogP contribution in [0.4, 0.5) is 0 Å². The number of amidine groups is 1. The van der Waals surface area contributed by atoms with E-state index in [4.69, 9.17) is 4.99 Å². The second kappa shape index (κ2) is 6.98. The first-order chi connectivity index (χ1) is 9.15. The number of hydrogen-bond acceptors (Lipinski definition) is 3. The number of rotatable bonds is 5. The Hall–Kier alpha value is -0.220. The van der Waals surface area contributed by atoms with Crippen molar-refractivity contribution in [3.63, 3.8) is 0 Å². The molecule has 19 heavy (non-hydrogen) atoms. The molecule has 1 heterocycles. The summed E-state index contributed by atoms with van der Waals surface area (Å²) in [6.45, 7) is 6.51. The van der Waals surface area contributed by atoms with E-state index in [-0.39, 0.29) is 0 Å². The second-order valence-electron chi connectivity index (χ2n) is 6.18. The van der Waals surface area contributed by atoms with Gasteiger partial charge >= 0.3 is 0 Å². The zero-order chi connectivity index (χ0) is 13.7. The topological polar surface area (TPSA) is 27.6 Å². The number of thioether (sulfide) groups is 1. The fourth-order valence-electron chi connectivity index (χ4n) is 2.93. The molecule has 2 aliphatic rings. The zero-order valence-electron chi connectivity index (χ0n) is 12.7. The Morgan fingerprint density at radius 2 is 2.11 bits per heavy atom. The summed E-state index contributed by atoms with van der Waals surface area (Å²) in [7, 11) is 2.20. The summed E-state index contributed by atoms with van der Waals surface area (Å²) in [6, 6.07) is 0.661. The van der Waals surface area contributed by atoms with Crippen molar-refractivity contribution in [2.75, 3.05) is 25.9 Å². The summed E-state index contributed by atoms with van der Waals surface area (Å²) in [4.78, 5) is 7.16. The van der Waals surface area contributed by atoms with Gasteiger partial charge in [0.2, 0.25) is 0 Å². The maximum absolute atomic E-state index is 4.76. The van der Waals surface area contributed by atoms with Crippen LogP contribution in [-0.2, 0) is 0 Å². The van der Waals surface area contributed by atoms with Crippen LogP contribution >= 0.6 is 11.8 Å². The molecule has 1 aliphatic heterocycles. The molecule has 110 valence electrons. The first kappa shape index (κ1) is 15.2. The zero-order valence-corrected chi connectivity index (χ0v) is 13.6. The van der Waals surface area contributed by atoms with Crippen LogP contribution in [0.25, 0.3) is 0 Å². The molecular formula is C15H29N3S. The minimum atomic E-state index is 0.393. The van der Waals surface area contributed by atoms with Gasteiger partial charge in [0.05, 0.1) is 6.54 Å². The Kier molecular flexibility index (Phi) is 5.58. The van der Waals surface area contributed by atoms with Gasteiger partial charge in [0.1, 0.15) is 0 Å². The van der Waals surface area contributed by atoms with Crippen LogP contribution in [0.5, 0.6) is 0 Å². The molecule has 0 aromatic rings. The number of likely N-dealkylation sites (N-methyl/N-ethyl adjacent to an activating group) is 1. The highest BCUT2D eigenvalue weighted by molar-refractivity contribution is 8.14. The molecule has 1 saturated heterocycles. The Balaban J connectivity index is 1.75. The van der Waals surface area contributed by atoms with Crippen LogP contribution in [0.2, 0.25) is 0 Å². The van der Waals surface area contributed by atoms with Crippen molar-refractivity contribution < 1.29 is 0 Å². The lowest BCUT2D eigenvalue weighted by Gasteiger charge is -2.32. The fourth-order valence-corrected chi connectivity index (χ4v) is 4.18. The molecule has 3 nitrogen and oxygen atoms in total. The van der Waals surface area contributed by atoms with Crippen molar-refractivity contribution in [1.29, 1.82) is 0 Å². The molecule has 0 radical (unpaired) electrons. The van der Waals surface area contributed by atoms with Crippen molar-refractivity contribution in [3.8, 4) is 0 Å². The van der Waals surface area contributed by atoms with Gasteiger partial charge in [-0.3, -0.25) is 4.99 Å². The highest BCUT2D eigenvalue weighted by Crippen LogP contribution is 2.36. The quantitative estimate of drug-likeness (QED) is 0.840. The molecule has 1 aliphatic carbocycles. The van der Waals surface area contributed by atoms with E-state index in [1.807, 2.05) is 11.8 Å². The Labute approximate surface area is 122 Å². The van der Waals surface area contributed by atoms with Crippen LogP contribution in [0.1, 0.15) is 52.4 Å². The maximum Gasteiger partial charge on any atom is 0.157 e. The van der Waals surface area contributed by atoms with Gasteiger partial charge in [0, 0.05) is 23.9 Å². The second-order valence-corrected chi connectivity index (χ2v) is 7.14. The van der Waals surface area contributed by atoms with Crippen LogP contribution in [0, 0.1) is 0 Å². The molecule has 1 atom stereocenters. The van der Waals surface area contributed by atoms with Crippen LogP contribution < -0.4 is 5.32 Å². The molecule has 4 heteroatoms. The van der Waals surface area contributed by atoms with Gasteiger partial charge in [-0.25, -0.2) is 0 Å². The first-order valence-electron chi connectivity index (χ1n) is 7.81. The summed E-state index contributed by atoms with van der Waals surface area (Å²) in [5.41, 5.74) is 0.393. The molecule has 0 bridgehead atoms. The largest absolute Gasteiger partial charge is 0.359 e. The summed E-state index contributed by atoms with van der Waals surface area (Å²) in [6.07, 6.45) is 8.08.